The molecule has 2 nitrogen and oxygen atoms in total. The van der Waals surface area contributed by atoms with Gasteiger partial charge in [0.25, 0.3) is 0 Å². The van der Waals surface area contributed by atoms with E-state index in [-0.39, 0.29) is 6.42 Å². The molecule has 0 aliphatic heterocycles. The number of aliphatic hydroxyl groups excluding tert-OH is 1. The Morgan fingerprint density at radius 3 is 2.75 bits per heavy atom. The summed E-state index contributed by atoms with van der Waals surface area (Å²) in [6.07, 6.45) is -0.701. The Labute approximate surface area is 76.0 Å². The van der Waals surface area contributed by atoms with Crippen molar-refractivity contribution in [3.63, 3.8) is 0 Å². The fourth-order valence-corrected chi connectivity index (χ4v) is 1.20. The first-order chi connectivity index (χ1) is 5.75. The number of nitrogens with zero attached hydrogens (tertiary/aromatic N) is 1. The summed E-state index contributed by atoms with van der Waals surface area (Å²) in [6.45, 7) is 0. The van der Waals surface area contributed by atoms with Gasteiger partial charge in [0, 0.05) is 10.6 Å². The molecule has 0 saturated heterocycles. The third-order valence-corrected chi connectivity index (χ3v) is 1.89. The molecule has 0 radical (unpaired) electrons. The van der Waals surface area contributed by atoms with Crippen LogP contribution in [0.5, 0.6) is 0 Å². The van der Waals surface area contributed by atoms with E-state index in [9.17, 15) is 5.11 Å². The Kier molecular flexibility index (Phi) is 3.09. The van der Waals surface area contributed by atoms with Crippen molar-refractivity contribution >= 4 is 11.6 Å². The first-order valence-electron chi connectivity index (χ1n) is 3.55. The van der Waals surface area contributed by atoms with E-state index < -0.39 is 6.10 Å². The highest BCUT2D eigenvalue weighted by molar-refractivity contribution is 6.31. The maximum atomic E-state index is 9.39. The van der Waals surface area contributed by atoms with Crippen molar-refractivity contribution in [1.29, 1.82) is 5.26 Å². The second kappa shape index (κ2) is 4.10. The number of hydrogen-bond acceptors (Lipinski definition) is 2. The molecule has 1 atom stereocenters. The molecule has 0 saturated carbocycles. The highest BCUT2D eigenvalue weighted by Gasteiger charge is 2.09. The van der Waals surface area contributed by atoms with Gasteiger partial charge in [-0.1, -0.05) is 29.8 Å². The molecular formula is C9H8ClNO. The van der Waals surface area contributed by atoms with Crippen LogP contribution in [-0.4, -0.2) is 5.11 Å². The molecule has 0 aromatic heterocycles. The molecule has 1 aromatic carbocycles. The van der Waals surface area contributed by atoms with Crippen LogP contribution in [0.1, 0.15) is 18.1 Å². The molecule has 62 valence electrons. The summed E-state index contributed by atoms with van der Waals surface area (Å²) in [6, 6.07) is 8.85. The van der Waals surface area contributed by atoms with Crippen LogP contribution in [0.3, 0.4) is 0 Å². The molecule has 3 heteroatoms. The van der Waals surface area contributed by atoms with Gasteiger partial charge in [-0.3, -0.25) is 0 Å². The summed E-state index contributed by atoms with van der Waals surface area (Å²) in [4.78, 5) is 0. The number of benzene rings is 1. The van der Waals surface area contributed by atoms with E-state index >= 15 is 0 Å². The molecule has 1 aromatic rings. The number of hydrogen-bond donors (Lipinski definition) is 1. The molecule has 0 amide bonds. The standard InChI is InChI=1S/C9H8ClNO/c10-8-4-2-1-3-7(8)9(12)5-6-11/h1-4,9,12H,5H2/t9-/m1/s1. The molecule has 0 heterocycles. The monoisotopic (exact) mass is 181 g/mol. The van der Waals surface area contributed by atoms with Gasteiger partial charge in [0.1, 0.15) is 0 Å². The first-order valence-corrected chi connectivity index (χ1v) is 3.93. The fraction of sp³-hybridized carbons (Fsp3) is 0.222. The molecule has 1 N–H and O–H groups in total. The van der Waals surface area contributed by atoms with Gasteiger partial charge in [-0.25, -0.2) is 0 Å². The Morgan fingerprint density at radius 1 is 1.50 bits per heavy atom. The SMILES string of the molecule is N#CC[C@@H](O)c1ccccc1Cl. The normalized spacial score (nSPS) is 12.1. The third-order valence-electron chi connectivity index (χ3n) is 1.55. The summed E-state index contributed by atoms with van der Waals surface area (Å²) in [5, 5.41) is 18.2. The van der Waals surface area contributed by atoms with Crippen LogP contribution >= 0.6 is 11.6 Å². The molecule has 0 aliphatic rings. The Morgan fingerprint density at radius 2 is 2.17 bits per heavy atom. The van der Waals surface area contributed by atoms with Gasteiger partial charge >= 0.3 is 0 Å². The Bertz CT molecular complexity index is 306. The van der Waals surface area contributed by atoms with Crippen LogP contribution in [0, 0.1) is 11.3 Å². The van der Waals surface area contributed by atoms with Crippen molar-refractivity contribution in [3.05, 3.63) is 34.9 Å². The second-order valence-corrected chi connectivity index (χ2v) is 2.81. The fourth-order valence-electron chi connectivity index (χ4n) is 0.942. The number of halogens is 1. The molecule has 0 fully saturated rings. The van der Waals surface area contributed by atoms with Crippen molar-refractivity contribution in [3.8, 4) is 6.07 Å². The maximum absolute atomic E-state index is 9.39. The van der Waals surface area contributed by atoms with Crippen molar-refractivity contribution in [2.45, 2.75) is 12.5 Å². The molecule has 12 heavy (non-hydrogen) atoms. The van der Waals surface area contributed by atoms with Gasteiger partial charge in [0.2, 0.25) is 0 Å². The largest absolute Gasteiger partial charge is 0.387 e. The minimum absolute atomic E-state index is 0.0731. The maximum Gasteiger partial charge on any atom is 0.0934 e. The van der Waals surface area contributed by atoms with Gasteiger partial charge in [0.15, 0.2) is 0 Å². The van der Waals surface area contributed by atoms with Crippen molar-refractivity contribution in [2.24, 2.45) is 0 Å². The molecular weight excluding hydrogens is 174 g/mol. The summed E-state index contributed by atoms with van der Waals surface area (Å²) in [7, 11) is 0. The Hall–Kier alpha value is -1.04. The van der Waals surface area contributed by atoms with E-state index in [1.807, 2.05) is 6.07 Å². The van der Waals surface area contributed by atoms with Crippen LogP contribution in [0.15, 0.2) is 24.3 Å². The van der Waals surface area contributed by atoms with Crippen LogP contribution < -0.4 is 0 Å². The molecule has 0 bridgehead atoms. The van der Waals surface area contributed by atoms with E-state index in [1.165, 1.54) is 0 Å². The average Bonchev–Trinajstić information content (AvgIpc) is 2.05. The highest BCUT2D eigenvalue weighted by Crippen LogP contribution is 2.23. The van der Waals surface area contributed by atoms with Crippen LogP contribution in [-0.2, 0) is 0 Å². The molecule has 0 aliphatic carbocycles. The van der Waals surface area contributed by atoms with E-state index in [2.05, 4.69) is 0 Å². The zero-order chi connectivity index (χ0) is 8.97. The van der Waals surface area contributed by atoms with Crippen molar-refractivity contribution in [2.75, 3.05) is 0 Å². The number of aliphatic hydroxyl groups is 1. The van der Waals surface area contributed by atoms with Crippen LogP contribution in [0.25, 0.3) is 0 Å². The lowest BCUT2D eigenvalue weighted by molar-refractivity contribution is 0.183. The van der Waals surface area contributed by atoms with Crippen LogP contribution in [0.2, 0.25) is 5.02 Å². The van der Waals surface area contributed by atoms with E-state index in [1.54, 1.807) is 24.3 Å². The van der Waals surface area contributed by atoms with Gasteiger partial charge < -0.3 is 5.11 Å². The van der Waals surface area contributed by atoms with Gasteiger partial charge in [-0.05, 0) is 6.07 Å². The summed E-state index contributed by atoms with van der Waals surface area (Å²) in [5.41, 5.74) is 0.612. The zero-order valence-electron chi connectivity index (χ0n) is 6.37. The molecule has 0 unspecified atom stereocenters. The summed E-state index contributed by atoms with van der Waals surface area (Å²) >= 11 is 5.79. The van der Waals surface area contributed by atoms with Crippen molar-refractivity contribution in [1.82, 2.24) is 0 Å². The van der Waals surface area contributed by atoms with Crippen LogP contribution in [0.4, 0.5) is 0 Å². The topological polar surface area (TPSA) is 44.0 Å². The second-order valence-electron chi connectivity index (χ2n) is 2.40. The zero-order valence-corrected chi connectivity index (χ0v) is 7.12. The summed E-state index contributed by atoms with van der Waals surface area (Å²) in [5.74, 6) is 0. The lowest BCUT2D eigenvalue weighted by atomic mass is 10.1. The van der Waals surface area contributed by atoms with Gasteiger partial charge in [-0.2, -0.15) is 5.26 Å². The third kappa shape index (κ3) is 1.97. The first kappa shape index (κ1) is 9.05. The quantitative estimate of drug-likeness (QED) is 0.761. The lowest BCUT2D eigenvalue weighted by Gasteiger charge is -2.07. The smallest absolute Gasteiger partial charge is 0.0934 e. The molecule has 0 spiro atoms. The number of nitriles is 1. The minimum Gasteiger partial charge on any atom is -0.387 e. The van der Waals surface area contributed by atoms with Gasteiger partial charge in [0.05, 0.1) is 18.6 Å². The Balaban J connectivity index is 2.88. The lowest BCUT2D eigenvalue weighted by Crippen LogP contribution is -1.96. The highest BCUT2D eigenvalue weighted by atomic mass is 35.5. The predicted octanol–water partition coefficient (Wildman–Crippen LogP) is 2.29. The predicted molar refractivity (Wildman–Crippen MR) is 46.6 cm³/mol. The van der Waals surface area contributed by atoms with E-state index in [0.29, 0.717) is 10.6 Å². The summed E-state index contributed by atoms with van der Waals surface area (Å²) < 4.78 is 0. The van der Waals surface area contributed by atoms with E-state index in [4.69, 9.17) is 16.9 Å². The van der Waals surface area contributed by atoms with Gasteiger partial charge in [-0.15, -0.1) is 0 Å². The van der Waals surface area contributed by atoms with E-state index in [0.717, 1.165) is 0 Å². The minimum atomic E-state index is -0.774. The van der Waals surface area contributed by atoms with Crippen molar-refractivity contribution < 1.29 is 5.11 Å². The molecule has 1 rings (SSSR count). The average molecular weight is 182 g/mol. The number of rotatable bonds is 2.